The Morgan fingerprint density at radius 2 is 2.33 bits per heavy atom. The largest absolute Gasteiger partial charge is 0.481 e. The summed E-state index contributed by atoms with van der Waals surface area (Å²) in [5, 5.41) is 8.59. The molecule has 3 nitrogen and oxygen atoms in total. The van der Waals surface area contributed by atoms with Crippen molar-refractivity contribution in [3.63, 3.8) is 0 Å². The average Bonchev–Trinajstić information content (AvgIpc) is 1.94. The van der Waals surface area contributed by atoms with E-state index in [1.54, 1.807) is 0 Å². The van der Waals surface area contributed by atoms with Crippen molar-refractivity contribution in [2.45, 2.75) is 0 Å². The van der Waals surface area contributed by atoms with Gasteiger partial charge < -0.3 is 9.84 Å². The van der Waals surface area contributed by atoms with Crippen molar-refractivity contribution in [3.8, 4) is 0 Å². The number of ether oxygens (including phenoxy) is 1. The van der Waals surface area contributed by atoms with E-state index in [0.29, 0.717) is 0 Å². The van der Waals surface area contributed by atoms with Crippen molar-refractivity contribution in [1.29, 1.82) is 0 Å². The number of aliphatic imine (C=N–C) groups is 1. The van der Waals surface area contributed by atoms with Crippen molar-refractivity contribution in [2.24, 2.45) is 4.99 Å². The lowest BCUT2D eigenvalue weighted by atomic mass is 10.7. The minimum atomic E-state index is -0.137. The first kappa shape index (κ1) is 8.04. The van der Waals surface area contributed by atoms with Crippen LogP contribution in [-0.2, 0) is 4.74 Å². The highest BCUT2D eigenvalue weighted by Crippen LogP contribution is 1.93. The lowest BCUT2D eigenvalue weighted by Gasteiger charge is -1.90. The molecule has 0 bridgehead atoms. The third-order valence-corrected chi connectivity index (χ3v) is 0.639. The molecule has 1 aliphatic rings. The number of aliphatic hydroxyl groups excluding tert-OH is 1. The molecule has 0 aromatic carbocycles. The molecule has 0 radical (unpaired) electrons. The zero-order valence-corrected chi connectivity index (χ0v) is 5.34. The normalized spacial score (nSPS) is 14.9. The zero-order valence-electron chi connectivity index (χ0n) is 4.52. The molecule has 0 atom stereocenters. The summed E-state index contributed by atoms with van der Waals surface area (Å²) in [7, 11) is 0. The van der Waals surface area contributed by atoms with Crippen LogP contribution in [-0.4, -0.2) is 11.3 Å². The lowest BCUT2D eigenvalue weighted by molar-refractivity contribution is 0.169. The number of allylic oxidation sites excluding steroid dienone is 1. The van der Waals surface area contributed by atoms with E-state index in [9.17, 15) is 0 Å². The van der Waals surface area contributed by atoms with Gasteiger partial charge in [0.15, 0.2) is 0 Å². The number of hydrogen-bond acceptors (Lipinski definition) is 3. The van der Waals surface area contributed by atoms with Crippen LogP contribution in [0.5, 0.6) is 0 Å². The maximum atomic E-state index is 8.59. The molecule has 0 aromatic heterocycles. The summed E-state index contributed by atoms with van der Waals surface area (Å²) in [6.45, 7) is 0. The highest BCUT2D eigenvalue weighted by molar-refractivity contribution is 5.85. The van der Waals surface area contributed by atoms with Crippen molar-refractivity contribution >= 4 is 18.6 Å². The highest BCUT2D eigenvalue weighted by atomic mass is 35.5. The van der Waals surface area contributed by atoms with E-state index in [1.807, 2.05) is 0 Å². The number of aliphatic hydroxyl groups is 1. The molecule has 50 valence electrons. The molecule has 0 saturated heterocycles. The molecule has 1 N–H and O–H groups in total. The number of rotatable bonds is 0. The minimum absolute atomic E-state index is 0. The van der Waals surface area contributed by atoms with Gasteiger partial charge in [0.2, 0.25) is 0 Å². The first-order valence-electron chi connectivity index (χ1n) is 2.14. The molecule has 1 rings (SSSR count). The summed E-state index contributed by atoms with van der Waals surface area (Å²) in [5.74, 6) is -0.137. The smallest absolute Gasteiger partial charge is 0.283 e. The summed E-state index contributed by atoms with van der Waals surface area (Å²) < 4.78 is 4.51. The van der Waals surface area contributed by atoms with Crippen molar-refractivity contribution in [3.05, 3.63) is 24.5 Å². The van der Waals surface area contributed by atoms with Gasteiger partial charge in [-0.05, 0) is 0 Å². The minimum Gasteiger partial charge on any atom is -0.481 e. The fraction of sp³-hybridized carbons (Fsp3) is 0. The highest BCUT2D eigenvalue weighted by Gasteiger charge is 1.87. The molecule has 0 saturated carbocycles. The molecular formula is C5H6ClNO2. The van der Waals surface area contributed by atoms with Crippen molar-refractivity contribution in [1.82, 2.24) is 0 Å². The Hall–Kier alpha value is -0.960. The second kappa shape index (κ2) is 3.97. The van der Waals surface area contributed by atoms with E-state index >= 15 is 0 Å². The first-order valence-corrected chi connectivity index (χ1v) is 2.14. The van der Waals surface area contributed by atoms with Crippen LogP contribution in [0.3, 0.4) is 0 Å². The fourth-order valence-corrected chi connectivity index (χ4v) is 0.331. The topological polar surface area (TPSA) is 41.8 Å². The predicted octanol–water partition coefficient (Wildman–Crippen LogP) is 1.38. The molecule has 0 spiro atoms. The van der Waals surface area contributed by atoms with Crippen LogP contribution in [0.2, 0.25) is 0 Å². The third kappa shape index (κ3) is 2.77. The monoisotopic (exact) mass is 147 g/mol. The molecule has 4 heteroatoms. The van der Waals surface area contributed by atoms with Crippen LogP contribution < -0.4 is 0 Å². The summed E-state index contributed by atoms with van der Waals surface area (Å²) in [4.78, 5) is 3.65. The van der Waals surface area contributed by atoms with Crippen molar-refractivity contribution < 1.29 is 9.84 Å². The van der Waals surface area contributed by atoms with E-state index < -0.39 is 0 Å². The Morgan fingerprint density at radius 1 is 1.56 bits per heavy atom. The van der Waals surface area contributed by atoms with Crippen molar-refractivity contribution in [2.75, 3.05) is 0 Å². The molecule has 0 unspecified atom stereocenters. The first-order chi connectivity index (χ1) is 3.89. The molecule has 0 amide bonds. The van der Waals surface area contributed by atoms with Gasteiger partial charge in [-0.1, -0.05) is 0 Å². The van der Waals surface area contributed by atoms with E-state index in [0.717, 1.165) is 0 Å². The molecule has 0 aliphatic carbocycles. The van der Waals surface area contributed by atoms with Gasteiger partial charge in [-0.15, -0.1) is 12.4 Å². The molecule has 9 heavy (non-hydrogen) atoms. The summed E-state index contributed by atoms with van der Waals surface area (Å²) in [5.41, 5.74) is 0. The summed E-state index contributed by atoms with van der Waals surface area (Å²) >= 11 is 0. The van der Waals surface area contributed by atoms with Crippen LogP contribution >= 0.6 is 12.4 Å². The average molecular weight is 148 g/mol. The van der Waals surface area contributed by atoms with E-state index in [-0.39, 0.29) is 18.4 Å². The van der Waals surface area contributed by atoms with Crippen LogP contribution in [0.25, 0.3) is 0 Å². The number of nitrogens with zero attached hydrogens (tertiary/aromatic N) is 1. The van der Waals surface area contributed by atoms with E-state index in [4.69, 9.17) is 5.11 Å². The van der Waals surface area contributed by atoms with Crippen LogP contribution in [0.4, 0.5) is 0 Å². The van der Waals surface area contributed by atoms with E-state index in [2.05, 4.69) is 9.73 Å². The quantitative estimate of drug-likeness (QED) is 0.563. The second-order valence-corrected chi connectivity index (χ2v) is 1.21. The van der Waals surface area contributed by atoms with Gasteiger partial charge >= 0.3 is 0 Å². The molecule has 0 fully saturated rings. The zero-order chi connectivity index (χ0) is 5.82. The molecule has 1 heterocycles. The van der Waals surface area contributed by atoms with Gasteiger partial charge in [0.1, 0.15) is 6.26 Å². The van der Waals surface area contributed by atoms with Gasteiger partial charge in [0.25, 0.3) is 5.95 Å². The van der Waals surface area contributed by atoms with Crippen LogP contribution in [0.15, 0.2) is 29.5 Å². The molecular weight excluding hydrogens is 142 g/mol. The van der Waals surface area contributed by atoms with Gasteiger partial charge in [0, 0.05) is 12.3 Å². The fourth-order valence-electron chi connectivity index (χ4n) is 0.331. The maximum absolute atomic E-state index is 8.59. The Labute approximate surface area is 58.8 Å². The second-order valence-electron chi connectivity index (χ2n) is 1.21. The Bertz CT molecular complexity index is 162. The SMILES string of the molecule is Cl.OC1=CC=NC=CO1. The van der Waals surface area contributed by atoms with Gasteiger partial charge in [-0.3, -0.25) is 4.99 Å². The van der Waals surface area contributed by atoms with Gasteiger partial charge in [-0.2, -0.15) is 0 Å². The van der Waals surface area contributed by atoms with Crippen LogP contribution in [0, 0.1) is 0 Å². The Morgan fingerprint density at radius 3 is 3.11 bits per heavy atom. The maximum Gasteiger partial charge on any atom is 0.283 e. The van der Waals surface area contributed by atoms with E-state index in [1.165, 1.54) is 24.8 Å². The Balaban J connectivity index is 0.000000640. The lowest BCUT2D eigenvalue weighted by Crippen LogP contribution is -1.79. The Kier molecular flexibility index (Phi) is 3.55. The predicted molar refractivity (Wildman–Crippen MR) is 36.7 cm³/mol. The number of hydrogen-bond donors (Lipinski definition) is 1. The summed E-state index contributed by atoms with van der Waals surface area (Å²) in [6.07, 6.45) is 5.55. The summed E-state index contributed by atoms with van der Waals surface area (Å²) in [6, 6.07) is 0. The van der Waals surface area contributed by atoms with Gasteiger partial charge in [-0.25, -0.2) is 0 Å². The molecule has 1 aliphatic heterocycles. The standard InChI is InChI=1S/C5H5NO2.ClH/c7-5-1-2-6-3-4-8-5;/h1-4,7H;1H. The van der Waals surface area contributed by atoms with Gasteiger partial charge in [0.05, 0.1) is 6.20 Å². The third-order valence-electron chi connectivity index (χ3n) is 0.639. The number of halogens is 1. The molecule has 0 aromatic rings. The van der Waals surface area contributed by atoms with Crippen LogP contribution in [0.1, 0.15) is 0 Å².